The van der Waals surface area contributed by atoms with Crippen LogP contribution in [0.25, 0.3) is 0 Å². The number of nitrogens with zero attached hydrogens (tertiary/aromatic N) is 1. The van der Waals surface area contributed by atoms with E-state index < -0.39 is 40.3 Å². The van der Waals surface area contributed by atoms with Crippen molar-refractivity contribution < 1.29 is 27.9 Å². The maximum atomic E-state index is 11.7. The number of rotatable bonds is 6. The van der Waals surface area contributed by atoms with Crippen molar-refractivity contribution in [2.75, 3.05) is 31.1 Å². The number of carboxylic acid groups (broad SMARTS) is 1. The van der Waals surface area contributed by atoms with Gasteiger partial charge >= 0.3 is 12.0 Å². The molecule has 1 aliphatic heterocycles. The van der Waals surface area contributed by atoms with E-state index in [2.05, 4.69) is 10.6 Å². The number of hydrogen-bond acceptors (Lipinski definition) is 6. The van der Waals surface area contributed by atoms with Gasteiger partial charge in [-0.2, -0.15) is 0 Å². The Kier molecular flexibility index (Phi) is 6.09. The van der Waals surface area contributed by atoms with E-state index in [1.54, 1.807) is 6.92 Å². The van der Waals surface area contributed by atoms with Gasteiger partial charge in [-0.05, 0) is 13.3 Å². The van der Waals surface area contributed by atoms with Gasteiger partial charge in [-0.3, -0.25) is 19.8 Å². The average Bonchev–Trinajstić information content (AvgIpc) is 2.68. The lowest BCUT2D eigenvalue weighted by atomic mass is 10.2. The molecule has 0 aliphatic carbocycles. The fourth-order valence-electron chi connectivity index (χ4n) is 2.11. The third-order valence-corrected chi connectivity index (χ3v) is 4.75. The summed E-state index contributed by atoms with van der Waals surface area (Å²) in [7, 11) is -3.19. The quantitative estimate of drug-likeness (QED) is 0.537. The Hall–Kier alpha value is -1.68. The maximum absolute atomic E-state index is 11.7. The van der Waals surface area contributed by atoms with E-state index in [0.717, 1.165) is 0 Å². The molecule has 0 bridgehead atoms. The monoisotopic (exact) mass is 321 g/mol. The lowest BCUT2D eigenvalue weighted by molar-refractivity contribution is -0.139. The molecule has 120 valence electrons. The first-order valence-electron chi connectivity index (χ1n) is 6.47. The van der Waals surface area contributed by atoms with Crippen molar-refractivity contribution in [1.29, 1.82) is 0 Å². The zero-order valence-corrected chi connectivity index (χ0v) is 12.5. The molecule has 1 fully saturated rings. The third-order valence-electron chi connectivity index (χ3n) is 3.00. The lowest BCUT2D eigenvalue weighted by Gasteiger charge is -2.25. The first-order valence-corrected chi connectivity index (χ1v) is 8.29. The first kappa shape index (κ1) is 17.4. The lowest BCUT2D eigenvalue weighted by Crippen LogP contribution is -2.48. The van der Waals surface area contributed by atoms with Gasteiger partial charge in [0.05, 0.1) is 24.6 Å². The summed E-state index contributed by atoms with van der Waals surface area (Å²) in [4.78, 5) is 35.0. The highest BCUT2D eigenvalue weighted by Crippen LogP contribution is 2.17. The molecule has 3 amide bonds. The molecule has 1 rings (SSSR count). The van der Waals surface area contributed by atoms with E-state index in [-0.39, 0.29) is 24.5 Å². The van der Waals surface area contributed by atoms with Crippen molar-refractivity contribution in [1.82, 2.24) is 15.5 Å². The minimum atomic E-state index is -3.19. The molecule has 1 saturated heterocycles. The van der Waals surface area contributed by atoms with Crippen molar-refractivity contribution >= 4 is 27.7 Å². The molecule has 1 aliphatic rings. The summed E-state index contributed by atoms with van der Waals surface area (Å²) in [5.74, 6) is -2.03. The summed E-state index contributed by atoms with van der Waals surface area (Å²) in [5.41, 5.74) is 0. The summed E-state index contributed by atoms with van der Waals surface area (Å²) in [6.45, 7) is 1.23. The highest BCUT2D eigenvalue weighted by Gasteiger charge is 2.34. The number of carbonyl (C=O) groups is 3. The molecule has 1 unspecified atom stereocenters. The molecule has 0 radical (unpaired) electrons. The van der Waals surface area contributed by atoms with Gasteiger partial charge in [0, 0.05) is 12.6 Å². The molecule has 0 aromatic carbocycles. The second-order valence-electron chi connectivity index (χ2n) is 4.76. The zero-order chi connectivity index (χ0) is 16.0. The summed E-state index contributed by atoms with van der Waals surface area (Å²) < 4.78 is 22.9. The number of sulfone groups is 1. The second-order valence-corrected chi connectivity index (χ2v) is 6.99. The average molecular weight is 321 g/mol. The largest absolute Gasteiger partial charge is 0.480 e. The van der Waals surface area contributed by atoms with Gasteiger partial charge in [0.2, 0.25) is 5.91 Å². The minimum Gasteiger partial charge on any atom is -0.480 e. The van der Waals surface area contributed by atoms with E-state index in [0.29, 0.717) is 6.54 Å². The van der Waals surface area contributed by atoms with Crippen molar-refractivity contribution in [2.45, 2.75) is 19.4 Å². The van der Waals surface area contributed by atoms with Crippen LogP contribution in [-0.4, -0.2) is 73.5 Å². The smallest absolute Gasteiger partial charge is 0.321 e. The van der Waals surface area contributed by atoms with Gasteiger partial charge in [-0.1, -0.05) is 0 Å². The van der Waals surface area contributed by atoms with Crippen LogP contribution in [0.4, 0.5) is 4.79 Å². The number of carbonyl (C=O) groups excluding carboxylic acids is 2. The highest BCUT2D eigenvalue weighted by molar-refractivity contribution is 7.91. The molecule has 21 heavy (non-hydrogen) atoms. The fraction of sp³-hybridized carbons (Fsp3) is 0.727. The molecular formula is C11H19N3O6S. The van der Waals surface area contributed by atoms with Crippen molar-refractivity contribution in [3.8, 4) is 0 Å². The number of hydrogen-bond donors (Lipinski definition) is 3. The van der Waals surface area contributed by atoms with E-state index in [1.165, 1.54) is 4.90 Å². The predicted molar refractivity (Wildman–Crippen MR) is 73.5 cm³/mol. The zero-order valence-electron chi connectivity index (χ0n) is 11.7. The summed E-state index contributed by atoms with van der Waals surface area (Å²) in [6.07, 6.45) is 0.282. The van der Waals surface area contributed by atoms with E-state index in [4.69, 9.17) is 5.11 Å². The molecule has 0 aromatic rings. The van der Waals surface area contributed by atoms with Crippen LogP contribution < -0.4 is 10.6 Å². The molecule has 0 spiro atoms. The Balaban J connectivity index is 2.64. The summed E-state index contributed by atoms with van der Waals surface area (Å²) in [5, 5.41) is 13.3. The number of carboxylic acids is 1. The van der Waals surface area contributed by atoms with Gasteiger partial charge < -0.3 is 10.4 Å². The molecule has 0 aromatic heterocycles. The number of amides is 3. The van der Waals surface area contributed by atoms with Crippen LogP contribution in [0.2, 0.25) is 0 Å². The van der Waals surface area contributed by atoms with Crippen LogP contribution in [0.5, 0.6) is 0 Å². The van der Waals surface area contributed by atoms with Gasteiger partial charge in [0.25, 0.3) is 0 Å². The third kappa shape index (κ3) is 6.08. The van der Waals surface area contributed by atoms with Crippen LogP contribution in [0, 0.1) is 0 Å². The number of aliphatic carboxylic acids is 1. The molecule has 9 nitrogen and oxygen atoms in total. The predicted octanol–water partition coefficient (Wildman–Crippen LogP) is -1.59. The van der Waals surface area contributed by atoms with Gasteiger partial charge in [0.15, 0.2) is 9.84 Å². The van der Waals surface area contributed by atoms with Crippen LogP contribution in [0.1, 0.15) is 13.3 Å². The molecular weight excluding hydrogens is 302 g/mol. The van der Waals surface area contributed by atoms with Crippen LogP contribution in [0.3, 0.4) is 0 Å². The molecule has 1 atom stereocenters. The number of nitrogens with one attached hydrogen (secondary N) is 2. The topological polar surface area (TPSA) is 133 Å². The van der Waals surface area contributed by atoms with Crippen molar-refractivity contribution in [3.05, 3.63) is 0 Å². The molecule has 1 heterocycles. The Bertz CT molecular complexity index is 518. The van der Waals surface area contributed by atoms with E-state index in [1.807, 2.05) is 0 Å². The normalized spacial score (nSPS) is 20.2. The Morgan fingerprint density at radius 1 is 1.29 bits per heavy atom. The minimum absolute atomic E-state index is 0.0221. The summed E-state index contributed by atoms with van der Waals surface area (Å²) in [6, 6.07) is -1.19. The van der Waals surface area contributed by atoms with Crippen LogP contribution in [0.15, 0.2) is 0 Å². The fourth-order valence-corrected chi connectivity index (χ4v) is 3.87. The number of imide groups is 1. The highest BCUT2D eigenvalue weighted by atomic mass is 32.2. The summed E-state index contributed by atoms with van der Waals surface area (Å²) >= 11 is 0. The van der Waals surface area contributed by atoms with Crippen molar-refractivity contribution in [3.63, 3.8) is 0 Å². The van der Waals surface area contributed by atoms with Crippen LogP contribution >= 0.6 is 0 Å². The van der Waals surface area contributed by atoms with Crippen molar-refractivity contribution in [2.24, 2.45) is 0 Å². The van der Waals surface area contributed by atoms with Gasteiger partial charge in [-0.25, -0.2) is 13.2 Å². The standard InChI is InChI=1S/C11H19N3O6S/c1-2-12-11(18)13-9(15)5-14(6-10(16)17)8-3-4-21(19,20)7-8/h8H,2-7H2,1H3,(H,16,17)(H2,12,13,15,18). The Morgan fingerprint density at radius 3 is 2.43 bits per heavy atom. The van der Waals surface area contributed by atoms with E-state index >= 15 is 0 Å². The molecule has 0 saturated carbocycles. The first-order chi connectivity index (χ1) is 9.73. The van der Waals surface area contributed by atoms with E-state index in [9.17, 15) is 22.8 Å². The Morgan fingerprint density at radius 2 is 1.95 bits per heavy atom. The van der Waals surface area contributed by atoms with Gasteiger partial charge in [0.1, 0.15) is 0 Å². The molecule has 10 heteroatoms. The molecule has 3 N–H and O–H groups in total. The van der Waals surface area contributed by atoms with Gasteiger partial charge in [-0.15, -0.1) is 0 Å². The number of urea groups is 1. The SMILES string of the molecule is CCNC(=O)NC(=O)CN(CC(=O)O)C1CCS(=O)(=O)C1. The maximum Gasteiger partial charge on any atom is 0.321 e. The second kappa shape index (κ2) is 7.36. The Labute approximate surface area is 122 Å². The van der Waals surface area contributed by atoms with Crippen LogP contribution in [-0.2, 0) is 19.4 Å².